The number of hydrogen-bond acceptors (Lipinski definition) is 4. The zero-order valence-corrected chi connectivity index (χ0v) is 37.7. The normalized spacial score (nSPS) is 20.9. The Morgan fingerprint density at radius 2 is 1.34 bits per heavy atom. The summed E-state index contributed by atoms with van der Waals surface area (Å²) in [6, 6.07) is 23.0. The van der Waals surface area contributed by atoms with Crippen LogP contribution >= 0.6 is 0 Å². The van der Waals surface area contributed by atoms with Gasteiger partial charge in [-0.2, -0.15) is 0 Å². The lowest BCUT2D eigenvalue weighted by molar-refractivity contribution is -0.0724. The number of nitrogens with zero attached hydrogens (tertiary/aromatic N) is 3. The van der Waals surface area contributed by atoms with Crippen molar-refractivity contribution in [2.24, 2.45) is 10.4 Å². The first-order chi connectivity index (χ1) is 26.8. The molecule has 6 aromatic rings. The van der Waals surface area contributed by atoms with Crippen molar-refractivity contribution in [2.45, 2.75) is 145 Å². The number of fused-ring (bicyclic) bond motifs is 8. The summed E-state index contributed by atoms with van der Waals surface area (Å²) in [5, 5.41) is 2.48. The molecule has 1 aliphatic carbocycles. The smallest absolute Gasteiger partial charge is 0.217 e. The maximum atomic E-state index is 7.36. The van der Waals surface area contributed by atoms with Gasteiger partial charge in [-0.15, -0.1) is 0 Å². The molecule has 0 unspecified atom stereocenters. The third-order valence-electron chi connectivity index (χ3n) is 13.9. The van der Waals surface area contributed by atoms with Crippen LogP contribution in [0.3, 0.4) is 0 Å². The van der Waals surface area contributed by atoms with Gasteiger partial charge in [0.25, 0.3) is 0 Å². The molecule has 5 heteroatoms. The van der Waals surface area contributed by atoms with Gasteiger partial charge in [0.15, 0.2) is 5.60 Å². The van der Waals surface area contributed by atoms with Crippen molar-refractivity contribution in [3.05, 3.63) is 128 Å². The molecule has 0 fully saturated rings. The number of benzene rings is 4. The molecule has 0 amide bonds. The third-order valence-corrected chi connectivity index (χ3v) is 13.9. The van der Waals surface area contributed by atoms with Gasteiger partial charge < -0.3 is 9.47 Å². The van der Waals surface area contributed by atoms with Crippen molar-refractivity contribution in [1.82, 2.24) is 9.55 Å². The summed E-state index contributed by atoms with van der Waals surface area (Å²) >= 11 is 0. The van der Waals surface area contributed by atoms with Gasteiger partial charge >= 0.3 is 0 Å². The van der Waals surface area contributed by atoms with Crippen LogP contribution in [0.5, 0.6) is 11.5 Å². The van der Waals surface area contributed by atoms with Crippen LogP contribution in [0.25, 0.3) is 27.6 Å². The van der Waals surface area contributed by atoms with Gasteiger partial charge in [0.2, 0.25) is 5.90 Å². The summed E-state index contributed by atoms with van der Waals surface area (Å²) in [5.41, 5.74) is 14.2. The first-order valence-corrected chi connectivity index (χ1v) is 21.2. The predicted octanol–water partition coefficient (Wildman–Crippen LogP) is 13.5. The predicted molar refractivity (Wildman–Crippen MR) is 241 cm³/mol. The molecular weight excluding hydrogens is 711 g/mol. The Hall–Kier alpha value is -4.90. The lowest BCUT2D eigenvalue weighted by Gasteiger charge is -2.46. The Morgan fingerprint density at radius 1 is 0.672 bits per heavy atom. The maximum absolute atomic E-state index is 7.36. The fourth-order valence-electron chi connectivity index (χ4n) is 10.5. The zero-order valence-electron chi connectivity index (χ0n) is 37.7. The molecule has 0 spiro atoms. The minimum atomic E-state index is -0.606. The molecule has 4 aromatic carbocycles. The lowest BCUT2D eigenvalue weighted by Crippen LogP contribution is -2.52. The number of aryl methyl sites for hydroxylation is 4. The van der Waals surface area contributed by atoms with Crippen molar-refractivity contribution in [2.75, 3.05) is 0 Å². The number of hydrogen-bond donors (Lipinski definition) is 0. The topological polar surface area (TPSA) is 48.6 Å². The van der Waals surface area contributed by atoms with Crippen LogP contribution in [0.15, 0.2) is 71.9 Å². The average Bonchev–Trinajstić information content (AvgIpc) is 3.68. The van der Waals surface area contributed by atoms with Gasteiger partial charge in [-0.05, 0) is 126 Å². The highest BCUT2D eigenvalue weighted by molar-refractivity contribution is 6.12. The average molecular weight is 772 g/mol. The second kappa shape index (κ2) is 11.9. The van der Waals surface area contributed by atoms with E-state index in [0.29, 0.717) is 5.90 Å². The first-order valence-electron chi connectivity index (χ1n) is 21.2. The number of rotatable bonds is 3. The molecule has 2 atom stereocenters. The molecule has 58 heavy (non-hydrogen) atoms. The van der Waals surface area contributed by atoms with E-state index in [0.717, 1.165) is 40.4 Å². The Balaban J connectivity index is 1.21. The van der Waals surface area contributed by atoms with Gasteiger partial charge in [0.05, 0.1) is 11.0 Å². The molecule has 9 rings (SSSR count). The number of aliphatic imine (C=N–C) groups is 1. The number of ether oxygens (including phenoxy) is 2. The van der Waals surface area contributed by atoms with Crippen molar-refractivity contribution in [3.63, 3.8) is 0 Å². The van der Waals surface area contributed by atoms with Crippen LogP contribution in [-0.2, 0) is 33.0 Å². The molecule has 2 aliphatic heterocycles. The van der Waals surface area contributed by atoms with Crippen LogP contribution in [0.1, 0.15) is 144 Å². The Kier molecular flexibility index (Phi) is 7.90. The van der Waals surface area contributed by atoms with Crippen LogP contribution in [0.2, 0.25) is 0 Å². The molecule has 2 aromatic heterocycles. The van der Waals surface area contributed by atoms with Crippen LogP contribution < -0.4 is 4.74 Å². The Bertz CT molecular complexity index is 2790. The van der Waals surface area contributed by atoms with Crippen LogP contribution in [-0.4, -0.2) is 21.0 Å². The Labute approximate surface area is 345 Å². The van der Waals surface area contributed by atoms with E-state index >= 15 is 0 Å². The van der Waals surface area contributed by atoms with Gasteiger partial charge in [0.1, 0.15) is 22.9 Å². The van der Waals surface area contributed by atoms with E-state index in [2.05, 4.69) is 176 Å². The summed E-state index contributed by atoms with van der Waals surface area (Å²) < 4.78 is 16.8. The Morgan fingerprint density at radius 3 is 2.02 bits per heavy atom. The SMILES string of the molecule is Cc1cnc2c(c1)C(C)(C)c1cc(C(C)(C)C)cc3c4cc(C)c(Oc5cc(C6=N[C@]7(C)Cc8cc(C)c(C)cc8[C@]7(C(C)(C)C)O6)cc(C(C)(C)C)c5)cc4n-2c13. The van der Waals surface area contributed by atoms with Crippen LogP contribution in [0.4, 0.5) is 0 Å². The second-order valence-electron chi connectivity index (χ2n) is 21.7. The molecule has 0 bridgehead atoms. The van der Waals surface area contributed by atoms with Gasteiger partial charge in [-0.3, -0.25) is 4.57 Å². The molecule has 0 N–H and O–H groups in total. The van der Waals surface area contributed by atoms with E-state index in [1.807, 2.05) is 6.20 Å². The van der Waals surface area contributed by atoms with E-state index < -0.39 is 11.1 Å². The second-order valence-corrected chi connectivity index (χ2v) is 21.7. The first kappa shape index (κ1) is 38.6. The molecule has 5 nitrogen and oxygen atoms in total. The molecule has 4 heterocycles. The van der Waals surface area contributed by atoms with E-state index in [1.54, 1.807) is 0 Å². The van der Waals surface area contributed by atoms with Crippen molar-refractivity contribution >= 4 is 27.7 Å². The largest absolute Gasteiger partial charge is 0.463 e. The van der Waals surface area contributed by atoms with Crippen molar-refractivity contribution in [1.29, 1.82) is 0 Å². The summed E-state index contributed by atoms with van der Waals surface area (Å²) in [6.07, 6.45) is 2.84. The summed E-state index contributed by atoms with van der Waals surface area (Å²) in [7, 11) is 0. The highest BCUT2D eigenvalue weighted by Crippen LogP contribution is 2.62. The highest BCUT2D eigenvalue weighted by Gasteiger charge is 2.67. The summed E-state index contributed by atoms with van der Waals surface area (Å²) in [5.74, 6) is 3.28. The maximum Gasteiger partial charge on any atom is 0.217 e. The molecule has 0 saturated carbocycles. The van der Waals surface area contributed by atoms with Gasteiger partial charge in [-0.1, -0.05) is 94.4 Å². The fourth-order valence-corrected chi connectivity index (χ4v) is 10.5. The summed E-state index contributed by atoms with van der Waals surface area (Å²) in [4.78, 5) is 10.7. The number of aromatic nitrogens is 2. The highest BCUT2D eigenvalue weighted by atomic mass is 16.5. The molecule has 0 radical (unpaired) electrons. The van der Waals surface area contributed by atoms with Crippen molar-refractivity contribution < 1.29 is 9.47 Å². The third kappa shape index (κ3) is 5.33. The standard InChI is InChI=1S/C53H61N3O2/c1-29-17-42-46(54-28-29)56-43-26-44(32(4)19-38(43)39-24-36(49(8,9)10)25-41(45(39)56)51(42,14)15)57-37-22-33(21-35(23-37)48(5,6)7)47-55-52(16)27-34-18-30(2)31(3)20-40(34)53(52,58-47)50(11,12)13/h17-26,28H,27H2,1-16H3/t52-,53-/m1/s1. The van der Waals surface area contributed by atoms with E-state index in [9.17, 15) is 0 Å². The quantitative estimate of drug-likeness (QED) is 0.180. The number of pyridine rings is 1. The molecular formula is C53H61N3O2. The van der Waals surface area contributed by atoms with E-state index in [-0.39, 0.29) is 21.7 Å². The van der Waals surface area contributed by atoms with E-state index in [1.165, 1.54) is 66.4 Å². The minimum absolute atomic E-state index is 0.00844. The zero-order chi connectivity index (χ0) is 41.9. The minimum Gasteiger partial charge on any atom is -0.463 e. The van der Waals surface area contributed by atoms with Crippen molar-refractivity contribution in [3.8, 4) is 17.3 Å². The van der Waals surface area contributed by atoms with E-state index in [4.69, 9.17) is 19.5 Å². The fraction of sp³-hybridized carbons (Fsp3) is 0.434. The summed E-state index contributed by atoms with van der Waals surface area (Å²) in [6.45, 7) is 36.3. The van der Waals surface area contributed by atoms with Gasteiger partial charge in [0, 0.05) is 57.0 Å². The van der Waals surface area contributed by atoms with Crippen LogP contribution in [0, 0.1) is 33.1 Å². The monoisotopic (exact) mass is 771 g/mol. The molecule has 3 aliphatic rings. The molecule has 300 valence electrons. The van der Waals surface area contributed by atoms with Gasteiger partial charge in [-0.25, -0.2) is 9.98 Å². The lowest BCUT2D eigenvalue weighted by atomic mass is 9.65. The molecule has 0 saturated heterocycles.